The van der Waals surface area contributed by atoms with Gasteiger partial charge in [-0.3, -0.25) is 4.79 Å². The van der Waals surface area contributed by atoms with Crippen molar-refractivity contribution >= 4 is 5.91 Å². The van der Waals surface area contributed by atoms with E-state index < -0.39 is 0 Å². The second-order valence-electron chi connectivity index (χ2n) is 4.62. The van der Waals surface area contributed by atoms with Crippen molar-refractivity contribution < 1.29 is 4.79 Å². The fraction of sp³-hybridized carbons (Fsp3) is 0.750. The number of nitrogens with one attached hydrogen (secondary N) is 1. The van der Waals surface area contributed by atoms with Gasteiger partial charge in [0.05, 0.1) is 0 Å². The molecule has 3 nitrogen and oxygen atoms in total. The topological polar surface area (TPSA) is 32.3 Å². The molecule has 2 heterocycles. The number of nitrogens with zero attached hydrogens (tertiary/aromatic N) is 1. The van der Waals surface area contributed by atoms with Gasteiger partial charge in [-0.25, -0.2) is 0 Å². The van der Waals surface area contributed by atoms with Crippen LogP contribution in [-0.4, -0.2) is 36.5 Å². The smallest absolute Gasteiger partial charge is 0.226 e. The predicted octanol–water partition coefficient (Wildman–Crippen LogP) is 1.16. The van der Waals surface area contributed by atoms with Crippen LogP contribution in [-0.2, 0) is 4.79 Å². The Morgan fingerprint density at radius 2 is 2.33 bits per heavy atom. The standard InChI is InChI=1S/C12H20N2O/c1-10-9-11(5-6-13-10)12(15)14-7-3-2-4-8-14/h2-3,10-11,13H,4-9H2,1H3. The molecule has 2 atom stereocenters. The molecule has 84 valence electrons. The van der Waals surface area contributed by atoms with Gasteiger partial charge in [0.1, 0.15) is 0 Å². The van der Waals surface area contributed by atoms with Crippen LogP contribution in [0.2, 0.25) is 0 Å². The molecule has 1 saturated heterocycles. The molecule has 0 saturated carbocycles. The molecular weight excluding hydrogens is 188 g/mol. The number of hydrogen-bond donors (Lipinski definition) is 1. The molecule has 0 radical (unpaired) electrons. The average Bonchev–Trinajstić information content (AvgIpc) is 2.29. The number of amides is 1. The van der Waals surface area contributed by atoms with Crippen LogP contribution >= 0.6 is 0 Å². The van der Waals surface area contributed by atoms with Crippen molar-refractivity contribution in [3.05, 3.63) is 12.2 Å². The molecule has 2 rings (SSSR count). The highest BCUT2D eigenvalue weighted by Gasteiger charge is 2.28. The maximum absolute atomic E-state index is 12.2. The Hall–Kier alpha value is -0.830. The highest BCUT2D eigenvalue weighted by atomic mass is 16.2. The molecule has 1 amide bonds. The summed E-state index contributed by atoms with van der Waals surface area (Å²) in [7, 11) is 0. The predicted molar refractivity (Wildman–Crippen MR) is 60.5 cm³/mol. The number of carbonyl (C=O) groups is 1. The van der Waals surface area contributed by atoms with Crippen molar-refractivity contribution in [1.82, 2.24) is 10.2 Å². The summed E-state index contributed by atoms with van der Waals surface area (Å²) < 4.78 is 0. The molecule has 0 aromatic rings. The summed E-state index contributed by atoms with van der Waals surface area (Å²) in [5, 5.41) is 3.39. The first-order valence-corrected chi connectivity index (χ1v) is 5.94. The molecule has 0 aromatic carbocycles. The molecular formula is C12H20N2O. The van der Waals surface area contributed by atoms with Gasteiger partial charge in [-0.2, -0.15) is 0 Å². The van der Waals surface area contributed by atoms with Gasteiger partial charge in [0.2, 0.25) is 5.91 Å². The second-order valence-corrected chi connectivity index (χ2v) is 4.62. The fourth-order valence-corrected chi connectivity index (χ4v) is 2.46. The van der Waals surface area contributed by atoms with Crippen molar-refractivity contribution in [3.8, 4) is 0 Å². The lowest BCUT2D eigenvalue weighted by atomic mass is 9.91. The monoisotopic (exact) mass is 208 g/mol. The molecule has 0 spiro atoms. The van der Waals surface area contributed by atoms with Crippen molar-refractivity contribution in [2.75, 3.05) is 19.6 Å². The highest BCUT2D eigenvalue weighted by molar-refractivity contribution is 5.79. The molecule has 2 aliphatic heterocycles. The molecule has 3 heteroatoms. The van der Waals surface area contributed by atoms with E-state index in [9.17, 15) is 4.79 Å². The fourth-order valence-electron chi connectivity index (χ4n) is 2.46. The van der Waals surface area contributed by atoms with Crippen LogP contribution in [0.5, 0.6) is 0 Å². The lowest BCUT2D eigenvalue weighted by Gasteiger charge is -2.32. The minimum absolute atomic E-state index is 0.257. The third-order valence-corrected chi connectivity index (χ3v) is 3.34. The first-order valence-electron chi connectivity index (χ1n) is 5.94. The maximum Gasteiger partial charge on any atom is 0.226 e. The summed E-state index contributed by atoms with van der Waals surface area (Å²) in [4.78, 5) is 14.2. The van der Waals surface area contributed by atoms with Crippen molar-refractivity contribution in [2.24, 2.45) is 5.92 Å². The van der Waals surface area contributed by atoms with Gasteiger partial charge in [-0.05, 0) is 32.7 Å². The number of carbonyl (C=O) groups excluding carboxylic acids is 1. The molecule has 0 aromatic heterocycles. The Morgan fingerprint density at radius 3 is 3.00 bits per heavy atom. The summed E-state index contributed by atoms with van der Waals surface area (Å²) in [6.45, 7) is 4.88. The van der Waals surface area contributed by atoms with Crippen LogP contribution in [0, 0.1) is 5.92 Å². The lowest BCUT2D eigenvalue weighted by Crippen LogP contribution is -2.45. The first kappa shape index (κ1) is 10.7. The van der Waals surface area contributed by atoms with E-state index in [0.717, 1.165) is 38.9 Å². The highest BCUT2D eigenvalue weighted by Crippen LogP contribution is 2.19. The third-order valence-electron chi connectivity index (χ3n) is 3.34. The molecule has 0 aliphatic carbocycles. The van der Waals surface area contributed by atoms with Crippen LogP contribution < -0.4 is 5.32 Å². The van der Waals surface area contributed by atoms with E-state index in [4.69, 9.17) is 0 Å². The molecule has 1 N–H and O–H groups in total. The molecule has 2 aliphatic rings. The largest absolute Gasteiger partial charge is 0.338 e. The third kappa shape index (κ3) is 2.59. The molecule has 2 unspecified atom stereocenters. The summed E-state index contributed by atoms with van der Waals surface area (Å²) in [5.74, 6) is 0.625. The summed E-state index contributed by atoms with van der Waals surface area (Å²) in [5.41, 5.74) is 0. The average molecular weight is 208 g/mol. The normalized spacial score (nSPS) is 31.7. The molecule has 0 bridgehead atoms. The Balaban J connectivity index is 1.91. The van der Waals surface area contributed by atoms with E-state index in [2.05, 4.69) is 24.4 Å². The number of hydrogen-bond acceptors (Lipinski definition) is 2. The van der Waals surface area contributed by atoms with E-state index >= 15 is 0 Å². The lowest BCUT2D eigenvalue weighted by molar-refractivity contribution is -0.136. The zero-order chi connectivity index (χ0) is 10.7. The second kappa shape index (κ2) is 4.79. The van der Waals surface area contributed by atoms with E-state index in [1.165, 1.54) is 0 Å². The van der Waals surface area contributed by atoms with Crippen LogP contribution in [0.4, 0.5) is 0 Å². The van der Waals surface area contributed by atoms with E-state index in [0.29, 0.717) is 11.9 Å². The molecule has 1 fully saturated rings. The van der Waals surface area contributed by atoms with E-state index in [1.54, 1.807) is 0 Å². The van der Waals surface area contributed by atoms with Gasteiger partial charge in [-0.15, -0.1) is 0 Å². The van der Waals surface area contributed by atoms with Crippen LogP contribution in [0.25, 0.3) is 0 Å². The van der Waals surface area contributed by atoms with Gasteiger partial charge >= 0.3 is 0 Å². The van der Waals surface area contributed by atoms with E-state index in [-0.39, 0.29) is 5.92 Å². The first-order chi connectivity index (χ1) is 7.27. The van der Waals surface area contributed by atoms with Crippen LogP contribution in [0.15, 0.2) is 12.2 Å². The van der Waals surface area contributed by atoms with Crippen LogP contribution in [0.1, 0.15) is 26.2 Å². The summed E-state index contributed by atoms with van der Waals surface area (Å²) in [6, 6.07) is 0.494. The Labute approximate surface area is 91.5 Å². The zero-order valence-corrected chi connectivity index (χ0v) is 9.41. The van der Waals surface area contributed by atoms with Crippen LogP contribution in [0.3, 0.4) is 0 Å². The summed E-state index contributed by atoms with van der Waals surface area (Å²) in [6.07, 6.45) is 7.29. The van der Waals surface area contributed by atoms with Crippen molar-refractivity contribution in [1.29, 1.82) is 0 Å². The van der Waals surface area contributed by atoms with Gasteiger partial charge in [-0.1, -0.05) is 12.2 Å². The van der Waals surface area contributed by atoms with Gasteiger partial charge in [0.25, 0.3) is 0 Å². The van der Waals surface area contributed by atoms with Gasteiger partial charge < -0.3 is 10.2 Å². The van der Waals surface area contributed by atoms with Crippen molar-refractivity contribution in [2.45, 2.75) is 32.2 Å². The summed E-state index contributed by atoms with van der Waals surface area (Å²) >= 11 is 0. The van der Waals surface area contributed by atoms with Crippen molar-refractivity contribution in [3.63, 3.8) is 0 Å². The number of piperidine rings is 1. The zero-order valence-electron chi connectivity index (χ0n) is 9.41. The minimum Gasteiger partial charge on any atom is -0.338 e. The SMILES string of the molecule is CC1CC(C(=O)N2CC=CCC2)CCN1. The Bertz CT molecular complexity index is 262. The number of rotatable bonds is 1. The maximum atomic E-state index is 12.2. The van der Waals surface area contributed by atoms with Gasteiger partial charge in [0.15, 0.2) is 0 Å². The minimum atomic E-state index is 0.257. The Kier molecular flexibility index (Phi) is 3.41. The quantitative estimate of drug-likeness (QED) is 0.656. The Morgan fingerprint density at radius 1 is 1.47 bits per heavy atom. The van der Waals surface area contributed by atoms with E-state index in [1.807, 2.05) is 4.90 Å². The van der Waals surface area contributed by atoms with Gasteiger partial charge in [0, 0.05) is 25.0 Å². The molecule has 15 heavy (non-hydrogen) atoms.